The van der Waals surface area contributed by atoms with Crippen molar-refractivity contribution in [3.05, 3.63) is 47.5 Å². The normalized spacial score (nSPS) is 12.8. The summed E-state index contributed by atoms with van der Waals surface area (Å²) in [6, 6.07) is 2.77. The first kappa shape index (κ1) is 20.2. The van der Waals surface area contributed by atoms with Gasteiger partial charge in [-0.25, -0.2) is 31.9 Å². The van der Waals surface area contributed by atoms with Gasteiger partial charge in [-0.3, -0.25) is 4.99 Å². The van der Waals surface area contributed by atoms with Crippen molar-refractivity contribution < 1.29 is 26.7 Å². The molecule has 11 heteroatoms. The minimum Gasteiger partial charge on any atom is -0.457 e. The van der Waals surface area contributed by atoms with Crippen LogP contribution < -0.4 is 10.6 Å². The van der Waals surface area contributed by atoms with E-state index in [1.807, 2.05) is 0 Å². The van der Waals surface area contributed by atoms with Gasteiger partial charge >= 0.3 is 6.01 Å². The molecule has 0 bridgehead atoms. The summed E-state index contributed by atoms with van der Waals surface area (Å²) < 4.78 is 70.1. The summed E-state index contributed by atoms with van der Waals surface area (Å²) >= 11 is 0. The standard InChI is InChI=1S/C16H14F5N5O/c1-16(20,21)12-4-10(2-3-13(12)17)23-7-11(26-22)8-27-15-24-5-9(6-25-15)14(18)19/h2-7,14H,8,22H2,1H3. The molecule has 0 aliphatic heterocycles. The van der Waals surface area contributed by atoms with Gasteiger partial charge in [0.15, 0.2) is 0 Å². The topological polar surface area (TPSA) is 85.8 Å². The third kappa shape index (κ3) is 5.69. The number of aromatic nitrogens is 2. The minimum absolute atomic E-state index is 0.0478. The molecule has 2 N–H and O–H groups in total. The summed E-state index contributed by atoms with van der Waals surface area (Å²) in [5.74, 6) is 0.761. The molecular weight excluding hydrogens is 373 g/mol. The van der Waals surface area contributed by atoms with Gasteiger partial charge in [-0.2, -0.15) is 5.10 Å². The molecule has 0 fully saturated rings. The molecule has 2 aromatic rings. The largest absolute Gasteiger partial charge is 0.457 e. The minimum atomic E-state index is -3.37. The molecule has 0 aliphatic rings. The highest BCUT2D eigenvalue weighted by molar-refractivity contribution is 6.31. The lowest BCUT2D eigenvalue weighted by molar-refractivity contribution is 0.0138. The fourth-order valence-corrected chi connectivity index (χ4v) is 1.84. The van der Waals surface area contributed by atoms with Crippen molar-refractivity contribution in [2.75, 3.05) is 6.61 Å². The van der Waals surface area contributed by atoms with E-state index in [9.17, 15) is 22.0 Å². The summed E-state index contributed by atoms with van der Waals surface area (Å²) in [4.78, 5) is 11.1. The van der Waals surface area contributed by atoms with Crippen molar-refractivity contribution in [1.82, 2.24) is 9.97 Å². The maximum atomic E-state index is 13.5. The van der Waals surface area contributed by atoms with E-state index in [4.69, 9.17) is 10.6 Å². The Hall–Kier alpha value is -3.11. The highest BCUT2D eigenvalue weighted by atomic mass is 19.3. The van der Waals surface area contributed by atoms with Crippen LogP contribution in [-0.2, 0) is 5.92 Å². The van der Waals surface area contributed by atoms with Crippen LogP contribution in [0.2, 0.25) is 0 Å². The number of hydrogen-bond acceptors (Lipinski definition) is 6. The molecule has 0 atom stereocenters. The van der Waals surface area contributed by atoms with Crippen LogP contribution >= 0.6 is 0 Å². The Bertz CT molecular complexity index is 834. The summed E-state index contributed by atoms with van der Waals surface area (Å²) in [5, 5.41) is 3.40. The summed E-state index contributed by atoms with van der Waals surface area (Å²) in [5.41, 5.74) is -1.04. The number of nitrogens with zero attached hydrogens (tertiary/aromatic N) is 4. The average molecular weight is 387 g/mol. The predicted molar refractivity (Wildman–Crippen MR) is 88.2 cm³/mol. The lowest BCUT2D eigenvalue weighted by atomic mass is 10.1. The molecule has 1 aromatic heterocycles. The number of halogens is 5. The van der Waals surface area contributed by atoms with E-state index in [2.05, 4.69) is 20.1 Å². The van der Waals surface area contributed by atoms with Crippen LogP contribution in [0.25, 0.3) is 0 Å². The molecule has 0 spiro atoms. The van der Waals surface area contributed by atoms with Gasteiger partial charge in [0.05, 0.1) is 23.0 Å². The summed E-state index contributed by atoms with van der Waals surface area (Å²) in [7, 11) is 0. The Morgan fingerprint density at radius 2 is 1.96 bits per heavy atom. The SMILES string of the molecule is CC(F)(F)c1cc(N=CC(COc2ncc(C(F)F)cn2)=NN)ccc1F. The Labute approximate surface area is 150 Å². The maximum absolute atomic E-state index is 13.5. The molecule has 0 saturated heterocycles. The molecular formula is C16H14F5N5O. The molecule has 1 aromatic carbocycles. The summed E-state index contributed by atoms with van der Waals surface area (Å²) in [6.07, 6.45) is 0.234. The van der Waals surface area contributed by atoms with E-state index >= 15 is 0 Å². The number of rotatable bonds is 7. The second-order valence-electron chi connectivity index (χ2n) is 5.32. The Balaban J connectivity index is 2.04. The van der Waals surface area contributed by atoms with Crippen molar-refractivity contribution in [2.45, 2.75) is 19.3 Å². The van der Waals surface area contributed by atoms with Crippen LogP contribution in [0.3, 0.4) is 0 Å². The van der Waals surface area contributed by atoms with E-state index in [1.54, 1.807) is 0 Å². The first-order valence-corrected chi connectivity index (χ1v) is 7.42. The van der Waals surface area contributed by atoms with Crippen molar-refractivity contribution in [3.63, 3.8) is 0 Å². The lowest BCUT2D eigenvalue weighted by Gasteiger charge is -2.11. The van der Waals surface area contributed by atoms with E-state index in [1.165, 1.54) is 6.07 Å². The predicted octanol–water partition coefficient (Wildman–Crippen LogP) is 3.76. The zero-order chi connectivity index (χ0) is 20.0. The second-order valence-corrected chi connectivity index (χ2v) is 5.32. The van der Waals surface area contributed by atoms with Crippen LogP contribution in [-0.4, -0.2) is 28.5 Å². The van der Waals surface area contributed by atoms with Crippen molar-refractivity contribution in [2.24, 2.45) is 15.9 Å². The number of hydrazone groups is 1. The fourth-order valence-electron chi connectivity index (χ4n) is 1.84. The lowest BCUT2D eigenvalue weighted by Crippen LogP contribution is -2.16. The smallest absolute Gasteiger partial charge is 0.316 e. The van der Waals surface area contributed by atoms with E-state index in [0.29, 0.717) is 6.92 Å². The average Bonchev–Trinajstić information content (AvgIpc) is 2.62. The Morgan fingerprint density at radius 3 is 2.52 bits per heavy atom. The van der Waals surface area contributed by atoms with Crippen LogP contribution in [0.4, 0.5) is 27.6 Å². The number of ether oxygens (including phenoxy) is 1. The van der Waals surface area contributed by atoms with Crippen LogP contribution in [0, 0.1) is 5.82 Å². The second kappa shape index (κ2) is 8.52. The van der Waals surface area contributed by atoms with Crippen molar-refractivity contribution in [3.8, 4) is 6.01 Å². The van der Waals surface area contributed by atoms with Crippen LogP contribution in [0.1, 0.15) is 24.5 Å². The first-order chi connectivity index (χ1) is 12.7. The Morgan fingerprint density at radius 1 is 1.30 bits per heavy atom. The molecule has 0 amide bonds. The quantitative estimate of drug-likeness (QED) is 0.339. The molecule has 27 heavy (non-hydrogen) atoms. The van der Waals surface area contributed by atoms with Crippen LogP contribution in [0.15, 0.2) is 40.7 Å². The number of aliphatic imine (C=N–C) groups is 1. The van der Waals surface area contributed by atoms with Gasteiger partial charge in [-0.05, 0) is 18.2 Å². The molecule has 6 nitrogen and oxygen atoms in total. The zero-order valence-corrected chi connectivity index (χ0v) is 13.9. The molecule has 1 heterocycles. The van der Waals surface area contributed by atoms with Gasteiger partial charge in [-0.15, -0.1) is 0 Å². The molecule has 0 saturated carbocycles. The van der Waals surface area contributed by atoms with E-state index < -0.39 is 23.7 Å². The number of alkyl halides is 4. The summed E-state index contributed by atoms with van der Waals surface area (Å²) in [6.45, 7) is 0.310. The van der Waals surface area contributed by atoms with Gasteiger partial charge in [0, 0.05) is 19.3 Å². The number of hydrogen-bond donors (Lipinski definition) is 1. The number of benzene rings is 1. The van der Waals surface area contributed by atoms with Gasteiger partial charge in [0.25, 0.3) is 12.3 Å². The van der Waals surface area contributed by atoms with Gasteiger partial charge in [0.2, 0.25) is 0 Å². The molecule has 0 aliphatic carbocycles. The van der Waals surface area contributed by atoms with Gasteiger partial charge in [-0.1, -0.05) is 0 Å². The van der Waals surface area contributed by atoms with Crippen LogP contribution in [0.5, 0.6) is 6.01 Å². The van der Waals surface area contributed by atoms with E-state index in [-0.39, 0.29) is 29.6 Å². The monoisotopic (exact) mass is 387 g/mol. The van der Waals surface area contributed by atoms with Crippen molar-refractivity contribution >= 4 is 17.6 Å². The highest BCUT2D eigenvalue weighted by Crippen LogP contribution is 2.31. The third-order valence-electron chi connectivity index (χ3n) is 3.20. The first-order valence-electron chi connectivity index (χ1n) is 7.42. The van der Waals surface area contributed by atoms with Crippen molar-refractivity contribution in [1.29, 1.82) is 0 Å². The molecule has 2 rings (SSSR count). The molecule has 144 valence electrons. The van der Waals surface area contributed by atoms with Gasteiger partial charge in [0.1, 0.15) is 18.1 Å². The molecule has 0 unspecified atom stereocenters. The maximum Gasteiger partial charge on any atom is 0.316 e. The van der Waals surface area contributed by atoms with Gasteiger partial charge < -0.3 is 10.6 Å². The third-order valence-corrected chi connectivity index (χ3v) is 3.20. The Kier molecular flexibility index (Phi) is 6.37. The zero-order valence-electron chi connectivity index (χ0n) is 13.9. The number of nitrogens with two attached hydrogens (primary N) is 1. The highest BCUT2D eigenvalue weighted by Gasteiger charge is 2.28. The fraction of sp³-hybridized carbons (Fsp3) is 0.250. The van der Waals surface area contributed by atoms with E-state index in [0.717, 1.165) is 30.7 Å². The molecule has 0 radical (unpaired) electrons.